The second-order valence-electron chi connectivity index (χ2n) is 6.76. The number of benzene rings is 1. The van der Waals surface area contributed by atoms with Gasteiger partial charge in [-0.1, -0.05) is 6.07 Å². The Morgan fingerprint density at radius 1 is 1.24 bits per heavy atom. The summed E-state index contributed by atoms with van der Waals surface area (Å²) in [5.74, 6) is 1.34. The normalized spacial score (nSPS) is 12.6. The molecule has 2 N–H and O–H groups in total. The van der Waals surface area contributed by atoms with Crippen molar-refractivity contribution in [3.63, 3.8) is 0 Å². The fourth-order valence-electron chi connectivity index (χ4n) is 3.29. The van der Waals surface area contributed by atoms with Crippen LogP contribution in [0, 0.1) is 0 Å². The number of fused-ring (bicyclic) bond motifs is 2. The van der Waals surface area contributed by atoms with E-state index in [4.69, 9.17) is 21.7 Å². The van der Waals surface area contributed by atoms with Crippen LogP contribution in [0.5, 0.6) is 11.5 Å². The van der Waals surface area contributed by atoms with Crippen molar-refractivity contribution >= 4 is 28.2 Å². The predicted octanol–water partition coefficient (Wildman–Crippen LogP) is 2.59. The van der Waals surface area contributed by atoms with Gasteiger partial charge in [-0.25, -0.2) is 0 Å². The molecule has 0 atom stereocenters. The molecule has 0 bridgehead atoms. The number of rotatable bonds is 5. The van der Waals surface area contributed by atoms with Gasteiger partial charge in [0.15, 0.2) is 16.6 Å². The molecule has 150 valence electrons. The fraction of sp³-hybridized carbons (Fsp3) is 0.286. The Morgan fingerprint density at radius 2 is 2.03 bits per heavy atom. The zero-order valence-corrected chi connectivity index (χ0v) is 16.9. The minimum atomic E-state index is -0.148. The highest BCUT2D eigenvalue weighted by Crippen LogP contribution is 2.33. The van der Waals surface area contributed by atoms with Crippen LogP contribution in [0.3, 0.4) is 0 Å². The maximum absolute atomic E-state index is 12.7. The van der Waals surface area contributed by atoms with Crippen molar-refractivity contribution < 1.29 is 9.47 Å². The lowest BCUT2D eigenvalue weighted by atomic mass is 10.1. The second kappa shape index (κ2) is 8.48. The SMILES string of the molecule is CCNC(=S)N(Cc1cccnc1)Cc1cc2cc3c(cc2[nH]c1=O)OCCO3. The number of nitrogens with one attached hydrogen (secondary N) is 2. The number of H-pyrrole nitrogens is 1. The molecule has 3 aromatic rings. The Bertz CT molecular complexity index is 1080. The summed E-state index contributed by atoms with van der Waals surface area (Å²) >= 11 is 5.54. The van der Waals surface area contributed by atoms with Crippen molar-refractivity contribution in [3.8, 4) is 11.5 Å². The van der Waals surface area contributed by atoms with Crippen molar-refractivity contribution in [2.75, 3.05) is 19.8 Å². The molecule has 3 heterocycles. The van der Waals surface area contributed by atoms with Crippen LogP contribution >= 0.6 is 12.2 Å². The molecule has 1 aliphatic heterocycles. The molecule has 0 saturated heterocycles. The molecule has 0 spiro atoms. The number of thiocarbonyl (C=S) groups is 1. The summed E-state index contributed by atoms with van der Waals surface area (Å²) in [5, 5.41) is 4.66. The van der Waals surface area contributed by atoms with Gasteiger partial charge in [0, 0.05) is 42.5 Å². The number of ether oxygens (including phenoxy) is 2. The fourth-order valence-corrected chi connectivity index (χ4v) is 3.56. The number of nitrogens with zero attached hydrogens (tertiary/aromatic N) is 2. The molecule has 0 amide bonds. The first-order valence-electron chi connectivity index (χ1n) is 9.51. The maximum Gasteiger partial charge on any atom is 0.253 e. The molecule has 8 heteroatoms. The van der Waals surface area contributed by atoms with Crippen LogP contribution in [0.1, 0.15) is 18.1 Å². The minimum absolute atomic E-state index is 0.148. The maximum atomic E-state index is 12.7. The van der Waals surface area contributed by atoms with E-state index in [1.54, 1.807) is 12.4 Å². The largest absolute Gasteiger partial charge is 0.486 e. The Labute approximate surface area is 173 Å². The van der Waals surface area contributed by atoms with Crippen LogP contribution in [-0.4, -0.2) is 39.7 Å². The lowest BCUT2D eigenvalue weighted by Gasteiger charge is -2.25. The van der Waals surface area contributed by atoms with E-state index < -0.39 is 0 Å². The van der Waals surface area contributed by atoms with E-state index in [0.717, 1.165) is 16.5 Å². The molecule has 7 nitrogen and oxygen atoms in total. The Kier molecular flexibility index (Phi) is 5.62. The molecule has 0 aliphatic carbocycles. The summed E-state index contributed by atoms with van der Waals surface area (Å²) in [6.45, 7) is 4.65. The molecule has 0 radical (unpaired) electrons. The molecule has 0 fully saturated rings. The van der Waals surface area contributed by atoms with Crippen molar-refractivity contribution in [2.45, 2.75) is 20.0 Å². The molecular formula is C21H22N4O3S. The van der Waals surface area contributed by atoms with Crippen LogP contribution in [0.15, 0.2) is 47.5 Å². The average molecular weight is 410 g/mol. The predicted molar refractivity (Wildman–Crippen MR) is 115 cm³/mol. The zero-order chi connectivity index (χ0) is 20.2. The molecule has 29 heavy (non-hydrogen) atoms. The van der Waals surface area contributed by atoms with Gasteiger partial charge in [-0.2, -0.15) is 0 Å². The highest BCUT2D eigenvalue weighted by atomic mass is 32.1. The van der Waals surface area contributed by atoms with Gasteiger partial charge < -0.3 is 24.7 Å². The quantitative estimate of drug-likeness (QED) is 0.626. The van der Waals surface area contributed by atoms with E-state index in [9.17, 15) is 4.79 Å². The van der Waals surface area contributed by atoms with E-state index in [0.29, 0.717) is 55.0 Å². The van der Waals surface area contributed by atoms with Crippen LogP contribution < -0.4 is 20.3 Å². The summed E-state index contributed by atoms with van der Waals surface area (Å²) < 4.78 is 11.3. The first-order chi connectivity index (χ1) is 14.1. The third kappa shape index (κ3) is 4.32. The topological polar surface area (TPSA) is 79.5 Å². The summed E-state index contributed by atoms with van der Waals surface area (Å²) in [4.78, 5) is 21.8. The van der Waals surface area contributed by atoms with Crippen molar-refractivity contribution in [1.82, 2.24) is 20.2 Å². The van der Waals surface area contributed by atoms with Crippen molar-refractivity contribution in [2.24, 2.45) is 0 Å². The monoisotopic (exact) mass is 410 g/mol. The van der Waals surface area contributed by atoms with E-state index >= 15 is 0 Å². The van der Waals surface area contributed by atoms with Gasteiger partial charge in [0.2, 0.25) is 0 Å². The summed E-state index contributed by atoms with van der Waals surface area (Å²) in [7, 11) is 0. The number of aromatic amines is 1. The van der Waals surface area contributed by atoms with E-state index in [2.05, 4.69) is 15.3 Å². The van der Waals surface area contributed by atoms with Crippen LogP contribution in [0.2, 0.25) is 0 Å². The zero-order valence-electron chi connectivity index (χ0n) is 16.1. The van der Waals surface area contributed by atoms with Crippen LogP contribution in [-0.2, 0) is 13.1 Å². The Balaban J connectivity index is 1.66. The molecular weight excluding hydrogens is 388 g/mol. The standard InChI is InChI=1S/C21H22N4O3S/c1-2-23-21(29)25(12-14-4-3-5-22-11-14)13-16-8-15-9-18-19(28-7-6-27-18)10-17(15)24-20(16)26/h3-5,8-11H,2,6-7,12-13H2,1H3,(H,23,29)(H,24,26). The van der Waals surface area contributed by atoms with Gasteiger partial charge in [0.05, 0.1) is 12.1 Å². The second-order valence-corrected chi connectivity index (χ2v) is 7.15. The minimum Gasteiger partial charge on any atom is -0.486 e. The van der Waals surface area contributed by atoms with E-state index in [1.165, 1.54) is 0 Å². The highest BCUT2D eigenvalue weighted by Gasteiger charge is 2.16. The Hall–Kier alpha value is -3.13. The van der Waals surface area contributed by atoms with Crippen molar-refractivity contribution in [1.29, 1.82) is 0 Å². The van der Waals surface area contributed by atoms with Gasteiger partial charge >= 0.3 is 0 Å². The number of hydrogen-bond acceptors (Lipinski definition) is 5. The van der Waals surface area contributed by atoms with Gasteiger partial charge in [-0.05, 0) is 42.9 Å². The molecule has 2 aromatic heterocycles. The molecule has 1 aromatic carbocycles. The molecule has 4 rings (SSSR count). The van der Waals surface area contributed by atoms with Crippen LogP contribution in [0.25, 0.3) is 10.9 Å². The van der Waals surface area contributed by atoms with Gasteiger partial charge in [0.25, 0.3) is 5.56 Å². The lowest BCUT2D eigenvalue weighted by molar-refractivity contribution is 0.172. The van der Waals surface area contributed by atoms with Gasteiger partial charge in [-0.15, -0.1) is 0 Å². The number of hydrogen-bond donors (Lipinski definition) is 2. The smallest absolute Gasteiger partial charge is 0.253 e. The van der Waals surface area contributed by atoms with Gasteiger partial charge in [-0.3, -0.25) is 9.78 Å². The van der Waals surface area contributed by atoms with E-state index in [1.807, 2.05) is 42.2 Å². The number of aromatic nitrogens is 2. The van der Waals surface area contributed by atoms with E-state index in [-0.39, 0.29) is 5.56 Å². The summed E-state index contributed by atoms with van der Waals surface area (Å²) in [5.41, 5.74) is 2.21. The third-order valence-electron chi connectivity index (χ3n) is 4.66. The van der Waals surface area contributed by atoms with Gasteiger partial charge in [0.1, 0.15) is 13.2 Å². The first kappa shape index (κ1) is 19.2. The third-order valence-corrected chi connectivity index (χ3v) is 5.06. The molecule has 0 unspecified atom stereocenters. The molecule has 1 aliphatic rings. The molecule has 0 saturated carbocycles. The highest BCUT2D eigenvalue weighted by molar-refractivity contribution is 7.80. The summed E-state index contributed by atoms with van der Waals surface area (Å²) in [6, 6.07) is 9.47. The van der Waals surface area contributed by atoms with Crippen molar-refractivity contribution in [3.05, 3.63) is 64.2 Å². The summed E-state index contributed by atoms with van der Waals surface area (Å²) in [6.07, 6.45) is 3.53. The van der Waals surface area contributed by atoms with Crippen LogP contribution in [0.4, 0.5) is 0 Å². The lowest BCUT2D eigenvalue weighted by Crippen LogP contribution is -2.39. The first-order valence-corrected chi connectivity index (χ1v) is 9.92. The number of pyridine rings is 2. The average Bonchev–Trinajstić information content (AvgIpc) is 2.73. The Morgan fingerprint density at radius 3 is 2.76 bits per heavy atom.